The van der Waals surface area contributed by atoms with Crippen LogP contribution in [0.15, 0.2) is 18.2 Å². The van der Waals surface area contributed by atoms with E-state index < -0.39 is 11.6 Å². The van der Waals surface area contributed by atoms with Crippen LogP contribution in [0.3, 0.4) is 0 Å². The molecule has 0 fully saturated rings. The number of rotatable bonds is 6. The van der Waals surface area contributed by atoms with Gasteiger partial charge in [0.25, 0.3) is 0 Å². The Kier molecular flexibility index (Phi) is 7.86. The highest BCUT2D eigenvalue weighted by Gasteiger charge is 2.21. The van der Waals surface area contributed by atoms with E-state index in [9.17, 15) is 10.0 Å². The number of hydroxylamine groups is 1. The molecule has 1 unspecified atom stereocenters. The fraction of sp³-hybridized carbons (Fsp3) is 0.524. The first-order valence-corrected chi connectivity index (χ1v) is 9.03. The van der Waals surface area contributed by atoms with E-state index in [4.69, 9.17) is 11.2 Å². The van der Waals surface area contributed by atoms with Gasteiger partial charge in [0.1, 0.15) is 5.75 Å². The van der Waals surface area contributed by atoms with E-state index in [2.05, 4.69) is 5.92 Å². The molecule has 6 nitrogen and oxygen atoms in total. The summed E-state index contributed by atoms with van der Waals surface area (Å²) in [6.07, 6.45) is 6.38. The highest BCUT2D eigenvalue weighted by atomic mass is 16.6. The normalized spacial score (nSPS) is 13.2. The third kappa shape index (κ3) is 6.30. The molecule has 0 bridgehead atoms. The topological polar surface area (TPSA) is 58.9 Å². The number of ether oxygens (including phenoxy) is 1. The van der Waals surface area contributed by atoms with E-state index in [-0.39, 0.29) is 6.04 Å². The van der Waals surface area contributed by atoms with E-state index >= 15 is 0 Å². The zero-order valence-electron chi connectivity index (χ0n) is 17.4. The minimum Gasteiger partial charge on any atom is -0.623 e. The van der Waals surface area contributed by atoms with Crippen molar-refractivity contribution < 1.29 is 14.3 Å². The van der Waals surface area contributed by atoms with Crippen LogP contribution in [-0.2, 0) is 0 Å². The van der Waals surface area contributed by atoms with E-state index in [1.807, 2.05) is 52.6 Å². The SMILES string of the molecule is C#CCN(C)C(C)c1ccc(/C=[N+](\[O-])C(C)(C)C)c(OC(=O)N(C)CC)c1. The minimum atomic E-state index is -0.597. The third-order valence-electron chi connectivity index (χ3n) is 4.42. The Hall–Kier alpha value is -2.52. The largest absolute Gasteiger partial charge is 0.623 e. The van der Waals surface area contributed by atoms with Crippen LogP contribution in [0.2, 0.25) is 0 Å². The summed E-state index contributed by atoms with van der Waals surface area (Å²) in [5.74, 6) is 2.97. The minimum absolute atomic E-state index is 0.0300. The zero-order valence-corrected chi connectivity index (χ0v) is 17.4. The van der Waals surface area contributed by atoms with Gasteiger partial charge in [0.2, 0.25) is 0 Å². The maximum Gasteiger partial charge on any atom is 0.414 e. The molecule has 0 heterocycles. The van der Waals surface area contributed by atoms with Crippen molar-refractivity contribution >= 4 is 12.3 Å². The Morgan fingerprint density at radius 3 is 2.56 bits per heavy atom. The Morgan fingerprint density at radius 2 is 2.04 bits per heavy atom. The van der Waals surface area contributed by atoms with Gasteiger partial charge in [-0.25, -0.2) is 9.53 Å². The average Bonchev–Trinajstić information content (AvgIpc) is 2.60. The molecule has 0 radical (unpaired) electrons. The van der Waals surface area contributed by atoms with Gasteiger partial charge in [-0.15, -0.1) is 6.42 Å². The monoisotopic (exact) mass is 373 g/mol. The molecule has 0 spiro atoms. The number of hydrogen-bond acceptors (Lipinski definition) is 4. The number of carbonyl (C=O) groups is 1. The Morgan fingerprint density at radius 1 is 1.41 bits per heavy atom. The lowest BCUT2D eigenvalue weighted by Crippen LogP contribution is -2.31. The predicted molar refractivity (Wildman–Crippen MR) is 109 cm³/mol. The number of carbonyl (C=O) groups excluding carboxylic acids is 1. The molecule has 1 aromatic rings. The van der Waals surface area contributed by atoms with Crippen LogP contribution < -0.4 is 4.74 Å². The molecule has 0 N–H and O–H groups in total. The maximum atomic E-state index is 12.4. The first-order valence-electron chi connectivity index (χ1n) is 9.03. The van der Waals surface area contributed by atoms with Crippen molar-refractivity contribution in [3.63, 3.8) is 0 Å². The summed E-state index contributed by atoms with van der Waals surface area (Å²) >= 11 is 0. The van der Waals surface area contributed by atoms with Crippen molar-refractivity contribution in [3.05, 3.63) is 34.5 Å². The second-order valence-corrected chi connectivity index (χ2v) is 7.60. The molecule has 1 amide bonds. The molecular formula is C21H31N3O3. The fourth-order valence-electron chi connectivity index (χ4n) is 2.16. The summed E-state index contributed by atoms with van der Waals surface area (Å²) in [5.41, 5.74) is 0.897. The standard InChI is InChI=1S/C21H31N3O3/c1-9-13-23(8)16(3)17-11-12-18(15-24(26)21(4,5)6)19(14-17)27-20(25)22(7)10-2/h1,11-12,14-16H,10,13H2,2-8H3/b24-15-. The Balaban J connectivity index is 3.34. The van der Waals surface area contributed by atoms with Crippen LogP contribution in [0.1, 0.15) is 51.8 Å². The summed E-state index contributed by atoms with van der Waals surface area (Å²) in [7, 11) is 3.59. The zero-order chi connectivity index (χ0) is 20.8. The second kappa shape index (κ2) is 9.43. The van der Waals surface area contributed by atoms with Crippen molar-refractivity contribution in [2.45, 2.75) is 46.2 Å². The molecule has 0 aliphatic rings. The average molecular weight is 373 g/mol. The molecule has 1 rings (SSSR count). The molecule has 0 saturated heterocycles. The summed E-state index contributed by atoms with van der Waals surface area (Å²) < 4.78 is 6.43. The first kappa shape index (κ1) is 22.5. The van der Waals surface area contributed by atoms with Crippen LogP contribution in [0.5, 0.6) is 5.75 Å². The number of hydrogen-bond donors (Lipinski definition) is 0. The van der Waals surface area contributed by atoms with Gasteiger partial charge >= 0.3 is 6.09 Å². The Labute approximate surface area is 163 Å². The fourth-order valence-corrected chi connectivity index (χ4v) is 2.16. The molecule has 0 aliphatic carbocycles. The highest BCUT2D eigenvalue weighted by molar-refractivity contribution is 5.83. The van der Waals surface area contributed by atoms with E-state index in [1.54, 1.807) is 19.2 Å². The van der Waals surface area contributed by atoms with Crippen LogP contribution in [0.25, 0.3) is 0 Å². The van der Waals surface area contributed by atoms with E-state index in [0.29, 0.717) is 24.4 Å². The summed E-state index contributed by atoms with van der Waals surface area (Å²) in [6.45, 7) is 10.4. The summed E-state index contributed by atoms with van der Waals surface area (Å²) in [5, 5.41) is 12.4. The lowest BCUT2D eigenvalue weighted by atomic mass is 10.0. The second-order valence-electron chi connectivity index (χ2n) is 7.60. The molecule has 0 saturated carbocycles. The Bertz CT molecular complexity index is 729. The van der Waals surface area contributed by atoms with E-state index in [1.165, 1.54) is 11.1 Å². The quantitative estimate of drug-likeness (QED) is 0.252. The lowest BCUT2D eigenvalue weighted by molar-refractivity contribution is -0.530. The number of nitrogens with zero attached hydrogens (tertiary/aromatic N) is 3. The van der Waals surface area contributed by atoms with E-state index in [0.717, 1.165) is 10.3 Å². The van der Waals surface area contributed by atoms with Gasteiger partial charge in [0.15, 0.2) is 11.8 Å². The number of benzene rings is 1. The molecular weight excluding hydrogens is 342 g/mol. The van der Waals surface area contributed by atoms with Crippen LogP contribution in [0.4, 0.5) is 4.79 Å². The lowest BCUT2D eigenvalue weighted by Gasteiger charge is -2.24. The molecule has 27 heavy (non-hydrogen) atoms. The van der Waals surface area contributed by atoms with Crippen LogP contribution in [-0.4, -0.2) is 59.6 Å². The van der Waals surface area contributed by atoms with Gasteiger partial charge < -0.3 is 14.8 Å². The molecule has 148 valence electrons. The highest BCUT2D eigenvalue weighted by Crippen LogP contribution is 2.26. The van der Waals surface area contributed by atoms with Gasteiger partial charge in [-0.3, -0.25) is 4.90 Å². The molecule has 0 aliphatic heterocycles. The number of amides is 1. The van der Waals surface area contributed by atoms with Gasteiger partial charge in [0.05, 0.1) is 12.1 Å². The van der Waals surface area contributed by atoms with Crippen molar-refractivity contribution in [1.82, 2.24) is 9.80 Å². The van der Waals surface area contributed by atoms with Crippen molar-refractivity contribution in [2.75, 3.05) is 27.2 Å². The summed E-state index contributed by atoms with van der Waals surface area (Å²) in [4.78, 5) is 15.7. The first-order chi connectivity index (χ1) is 12.5. The number of terminal acetylenes is 1. The van der Waals surface area contributed by atoms with Crippen LogP contribution in [0, 0.1) is 17.6 Å². The van der Waals surface area contributed by atoms with Gasteiger partial charge in [-0.2, -0.15) is 0 Å². The molecule has 1 aromatic carbocycles. The van der Waals surface area contributed by atoms with Gasteiger partial charge in [0, 0.05) is 40.4 Å². The van der Waals surface area contributed by atoms with Crippen LogP contribution >= 0.6 is 0 Å². The summed E-state index contributed by atoms with van der Waals surface area (Å²) in [6, 6.07) is 5.53. The molecule has 1 atom stereocenters. The predicted octanol–water partition coefficient (Wildman–Crippen LogP) is 3.49. The van der Waals surface area contributed by atoms with Crippen molar-refractivity contribution in [2.24, 2.45) is 0 Å². The van der Waals surface area contributed by atoms with Gasteiger partial charge in [-0.1, -0.05) is 12.0 Å². The molecule has 0 aromatic heterocycles. The van der Waals surface area contributed by atoms with Crippen molar-refractivity contribution in [1.29, 1.82) is 0 Å². The smallest absolute Gasteiger partial charge is 0.414 e. The third-order valence-corrected chi connectivity index (χ3v) is 4.42. The maximum absolute atomic E-state index is 12.4. The van der Waals surface area contributed by atoms with Crippen molar-refractivity contribution in [3.8, 4) is 18.1 Å². The van der Waals surface area contributed by atoms with Gasteiger partial charge in [-0.05, 0) is 38.6 Å². The molecule has 6 heteroatoms.